The Hall–Kier alpha value is -2.88. The first-order chi connectivity index (χ1) is 16.6. The number of carbonyl (C=O) groups is 1. The molecule has 1 fully saturated rings. The zero-order valence-electron chi connectivity index (χ0n) is 18.6. The van der Waals surface area contributed by atoms with Gasteiger partial charge in [-0.1, -0.05) is 18.0 Å². The van der Waals surface area contributed by atoms with Crippen LogP contribution < -0.4 is 4.90 Å². The van der Waals surface area contributed by atoms with E-state index in [0.29, 0.717) is 6.54 Å². The summed E-state index contributed by atoms with van der Waals surface area (Å²) in [5.41, 5.74) is 4.85. The first-order valence-electron chi connectivity index (χ1n) is 11.1. The maximum absolute atomic E-state index is 14.0. The van der Waals surface area contributed by atoms with E-state index in [-0.39, 0.29) is 11.7 Å². The van der Waals surface area contributed by atoms with Crippen LogP contribution in [0.1, 0.15) is 24.1 Å². The normalized spacial score (nSPS) is 17.6. The molecular weight excluding hydrogens is 469 g/mol. The van der Waals surface area contributed by atoms with Crippen molar-refractivity contribution in [3.05, 3.63) is 71.6 Å². The largest absolute Gasteiger partial charge is 0.304 e. The number of amides is 1. The molecule has 0 bridgehead atoms. The van der Waals surface area contributed by atoms with Crippen molar-refractivity contribution in [2.75, 3.05) is 24.2 Å². The molecule has 1 aromatic carbocycles. The van der Waals surface area contributed by atoms with E-state index >= 15 is 0 Å². The minimum Gasteiger partial charge on any atom is -0.304 e. The quantitative estimate of drug-likeness (QED) is 0.372. The number of benzene rings is 1. The van der Waals surface area contributed by atoms with Gasteiger partial charge in [-0.25, -0.2) is 4.39 Å². The number of carbonyl (C=O) groups excluding carboxylic acids is 1. The van der Waals surface area contributed by atoms with Crippen LogP contribution in [-0.2, 0) is 16.8 Å². The first-order valence-corrected chi connectivity index (χ1v) is 13.2. The van der Waals surface area contributed by atoms with Crippen molar-refractivity contribution in [1.29, 1.82) is 0 Å². The first kappa shape index (κ1) is 21.6. The van der Waals surface area contributed by atoms with Crippen molar-refractivity contribution < 1.29 is 9.18 Å². The molecule has 6 rings (SSSR count). The van der Waals surface area contributed by atoms with Gasteiger partial charge in [-0.15, -0.1) is 11.3 Å². The van der Waals surface area contributed by atoms with Gasteiger partial charge in [-0.3, -0.25) is 24.1 Å². The van der Waals surface area contributed by atoms with Gasteiger partial charge in [0.15, 0.2) is 0 Å². The molecule has 0 N–H and O–H groups in total. The van der Waals surface area contributed by atoms with Crippen LogP contribution in [0.2, 0.25) is 0 Å². The molecule has 1 amide bonds. The molecule has 5 heterocycles. The predicted molar refractivity (Wildman–Crippen MR) is 134 cm³/mol. The van der Waals surface area contributed by atoms with Gasteiger partial charge in [0.25, 0.3) is 0 Å². The Bertz CT molecular complexity index is 1390. The molecule has 1 spiro atoms. The highest BCUT2D eigenvalue weighted by Crippen LogP contribution is 2.49. The van der Waals surface area contributed by atoms with E-state index in [4.69, 9.17) is 4.98 Å². The Morgan fingerprint density at radius 1 is 1.15 bits per heavy atom. The minimum absolute atomic E-state index is 0.118. The van der Waals surface area contributed by atoms with Crippen molar-refractivity contribution in [3.8, 4) is 10.4 Å². The third-order valence-corrected chi connectivity index (χ3v) is 8.68. The number of halogens is 1. The summed E-state index contributed by atoms with van der Waals surface area (Å²) in [6, 6.07) is 6.74. The standard InChI is InChI=1S/C25H22FN5OS2/c1-33-30-8-5-25(6-9-30)19-4-7-27-12-21(19)31(24(25)32)14-20-23(22-13-28-15-34-22)18-3-2-17(26)10-16(18)11-29-20/h2-4,7,10-13,15H,5-6,8-9,14H2,1H3. The lowest BCUT2D eigenvalue weighted by molar-refractivity contribution is -0.124. The van der Waals surface area contributed by atoms with E-state index in [1.165, 1.54) is 23.5 Å². The van der Waals surface area contributed by atoms with Crippen LogP contribution >= 0.6 is 23.3 Å². The van der Waals surface area contributed by atoms with Gasteiger partial charge in [0.05, 0.1) is 39.9 Å². The summed E-state index contributed by atoms with van der Waals surface area (Å²) in [5.74, 6) is -0.182. The van der Waals surface area contributed by atoms with Crippen LogP contribution in [0.3, 0.4) is 0 Å². The Labute approximate surface area is 205 Å². The topological polar surface area (TPSA) is 62.2 Å². The highest BCUT2D eigenvalue weighted by atomic mass is 32.2. The number of fused-ring (bicyclic) bond motifs is 3. The maximum atomic E-state index is 14.0. The molecule has 1 saturated heterocycles. The fourth-order valence-corrected chi connectivity index (χ4v) is 6.55. The summed E-state index contributed by atoms with van der Waals surface area (Å²) in [6.45, 7) is 2.06. The van der Waals surface area contributed by atoms with Crippen LogP contribution in [0, 0.1) is 5.82 Å². The average molecular weight is 492 g/mol. The Morgan fingerprint density at radius 3 is 2.76 bits per heavy atom. The number of piperidine rings is 1. The molecule has 9 heteroatoms. The number of anilines is 1. The Morgan fingerprint density at radius 2 is 2.00 bits per heavy atom. The molecule has 0 unspecified atom stereocenters. The van der Waals surface area contributed by atoms with Gasteiger partial charge >= 0.3 is 0 Å². The van der Waals surface area contributed by atoms with E-state index in [2.05, 4.69) is 20.5 Å². The van der Waals surface area contributed by atoms with Gasteiger partial charge in [0.2, 0.25) is 5.91 Å². The molecule has 6 nitrogen and oxygen atoms in total. The number of aromatic nitrogens is 3. The van der Waals surface area contributed by atoms with Gasteiger partial charge < -0.3 is 4.90 Å². The molecule has 2 aliphatic rings. The van der Waals surface area contributed by atoms with Gasteiger partial charge in [-0.2, -0.15) is 0 Å². The molecule has 34 heavy (non-hydrogen) atoms. The van der Waals surface area contributed by atoms with Crippen molar-refractivity contribution in [3.63, 3.8) is 0 Å². The zero-order valence-corrected chi connectivity index (χ0v) is 20.2. The van der Waals surface area contributed by atoms with Crippen LogP contribution in [0.5, 0.6) is 0 Å². The molecular formula is C25H22FN5OS2. The van der Waals surface area contributed by atoms with E-state index in [1.54, 1.807) is 48.3 Å². The smallest absolute Gasteiger partial charge is 0.238 e. The zero-order chi connectivity index (χ0) is 23.3. The third-order valence-electron chi connectivity index (χ3n) is 7.01. The molecule has 172 valence electrons. The van der Waals surface area contributed by atoms with E-state index < -0.39 is 5.41 Å². The Balaban J connectivity index is 1.45. The van der Waals surface area contributed by atoms with E-state index in [9.17, 15) is 9.18 Å². The lowest BCUT2D eigenvalue weighted by atomic mass is 9.74. The average Bonchev–Trinajstić information content (AvgIpc) is 3.47. The van der Waals surface area contributed by atoms with Crippen LogP contribution in [0.4, 0.5) is 10.1 Å². The fraction of sp³-hybridized carbons (Fsp3) is 0.280. The number of nitrogens with zero attached hydrogens (tertiary/aromatic N) is 5. The van der Waals surface area contributed by atoms with Gasteiger partial charge in [-0.05, 0) is 48.2 Å². The second kappa shape index (κ2) is 8.41. The summed E-state index contributed by atoms with van der Waals surface area (Å²) in [4.78, 5) is 30.1. The summed E-state index contributed by atoms with van der Waals surface area (Å²) in [5, 5.41) is 1.62. The molecule has 2 aliphatic heterocycles. The highest BCUT2D eigenvalue weighted by Gasteiger charge is 2.52. The molecule has 4 aromatic rings. The lowest BCUT2D eigenvalue weighted by Crippen LogP contribution is -2.47. The Kier molecular flexibility index (Phi) is 5.35. The van der Waals surface area contributed by atoms with Crippen LogP contribution in [0.15, 0.2) is 54.6 Å². The number of thiazole rings is 1. The van der Waals surface area contributed by atoms with Crippen molar-refractivity contribution in [2.24, 2.45) is 0 Å². The highest BCUT2D eigenvalue weighted by molar-refractivity contribution is 7.96. The molecule has 0 aliphatic carbocycles. The summed E-state index contributed by atoms with van der Waals surface area (Å²) in [7, 11) is 0. The third kappa shape index (κ3) is 3.33. The number of rotatable bonds is 4. The minimum atomic E-state index is -0.519. The lowest BCUT2D eigenvalue weighted by Gasteiger charge is -2.37. The van der Waals surface area contributed by atoms with Crippen LogP contribution in [0.25, 0.3) is 21.2 Å². The second-order valence-electron chi connectivity index (χ2n) is 8.65. The molecule has 3 aromatic heterocycles. The van der Waals surface area contributed by atoms with Crippen molar-refractivity contribution in [1.82, 2.24) is 19.3 Å². The summed E-state index contributed by atoms with van der Waals surface area (Å²) in [6.07, 6.45) is 10.7. The summed E-state index contributed by atoms with van der Waals surface area (Å²) >= 11 is 3.24. The number of hydrogen-bond acceptors (Lipinski definition) is 7. The van der Waals surface area contributed by atoms with E-state index in [1.807, 2.05) is 11.0 Å². The van der Waals surface area contributed by atoms with E-state index in [0.717, 1.165) is 64.1 Å². The number of hydrogen-bond donors (Lipinski definition) is 0. The SMILES string of the molecule is CSN1CCC2(CC1)C(=O)N(Cc1ncc3cc(F)ccc3c1-c1cncs1)c1cnccc12. The van der Waals surface area contributed by atoms with Gasteiger partial charge in [0, 0.05) is 42.6 Å². The fourth-order valence-electron chi connectivity index (χ4n) is 5.30. The molecule has 0 saturated carbocycles. The molecule has 0 atom stereocenters. The molecule has 0 radical (unpaired) electrons. The second-order valence-corrected chi connectivity index (χ2v) is 10.4. The van der Waals surface area contributed by atoms with Crippen molar-refractivity contribution in [2.45, 2.75) is 24.8 Å². The monoisotopic (exact) mass is 491 g/mol. The van der Waals surface area contributed by atoms with Gasteiger partial charge in [0.1, 0.15) is 5.82 Å². The van der Waals surface area contributed by atoms with Crippen molar-refractivity contribution >= 4 is 45.7 Å². The number of pyridine rings is 2. The summed E-state index contributed by atoms with van der Waals surface area (Å²) < 4.78 is 16.2. The maximum Gasteiger partial charge on any atom is 0.238 e. The van der Waals surface area contributed by atoms with Crippen LogP contribution in [-0.4, -0.2) is 44.5 Å². The predicted octanol–water partition coefficient (Wildman–Crippen LogP) is 5.05.